The van der Waals surface area contributed by atoms with Crippen LogP contribution in [0.25, 0.3) is 0 Å². The van der Waals surface area contributed by atoms with Gasteiger partial charge in [-0.1, -0.05) is 30.3 Å². The molecular formula is C12H13N3O2. The standard InChI is InChI=1S/C12H13N3O2/c16-10(9-4-2-1-3-5-9)7-13-11-6-12(17)15-8-14-11/h1-6,8,10,16H,7H2,(H2,13,14,15,17). The number of hydrogen-bond donors (Lipinski definition) is 3. The van der Waals surface area contributed by atoms with Gasteiger partial charge in [-0.25, -0.2) is 4.98 Å². The molecule has 0 aliphatic heterocycles. The molecular weight excluding hydrogens is 218 g/mol. The van der Waals surface area contributed by atoms with Gasteiger partial charge >= 0.3 is 0 Å². The van der Waals surface area contributed by atoms with E-state index in [2.05, 4.69) is 15.3 Å². The van der Waals surface area contributed by atoms with Crippen LogP contribution in [0.2, 0.25) is 0 Å². The number of rotatable bonds is 4. The molecule has 88 valence electrons. The number of aromatic amines is 1. The molecule has 0 saturated carbocycles. The second-order valence-corrected chi connectivity index (χ2v) is 3.60. The molecule has 3 N–H and O–H groups in total. The van der Waals surface area contributed by atoms with Gasteiger partial charge in [0.25, 0.3) is 5.56 Å². The van der Waals surface area contributed by atoms with Gasteiger partial charge in [-0.3, -0.25) is 4.79 Å². The molecule has 2 rings (SSSR count). The fraction of sp³-hybridized carbons (Fsp3) is 0.167. The van der Waals surface area contributed by atoms with E-state index >= 15 is 0 Å². The topological polar surface area (TPSA) is 78.0 Å². The lowest BCUT2D eigenvalue weighted by Crippen LogP contribution is -2.15. The molecule has 5 nitrogen and oxygen atoms in total. The molecule has 0 amide bonds. The van der Waals surface area contributed by atoms with Crippen LogP contribution >= 0.6 is 0 Å². The maximum Gasteiger partial charge on any atom is 0.252 e. The normalized spacial score (nSPS) is 12.1. The van der Waals surface area contributed by atoms with Crippen molar-refractivity contribution in [1.82, 2.24) is 9.97 Å². The molecule has 5 heteroatoms. The molecule has 2 aromatic rings. The highest BCUT2D eigenvalue weighted by molar-refractivity contribution is 5.32. The number of benzene rings is 1. The molecule has 1 atom stereocenters. The summed E-state index contributed by atoms with van der Waals surface area (Å²) in [5.74, 6) is 0.448. The van der Waals surface area contributed by atoms with Gasteiger partial charge in [0.2, 0.25) is 0 Å². The Hall–Kier alpha value is -2.14. The van der Waals surface area contributed by atoms with Crippen molar-refractivity contribution in [3.05, 3.63) is 58.6 Å². The Kier molecular flexibility index (Phi) is 3.52. The van der Waals surface area contributed by atoms with Crippen LogP contribution in [-0.4, -0.2) is 21.6 Å². The quantitative estimate of drug-likeness (QED) is 0.731. The van der Waals surface area contributed by atoms with Crippen molar-refractivity contribution in [2.24, 2.45) is 0 Å². The number of aliphatic hydroxyl groups excluding tert-OH is 1. The zero-order valence-corrected chi connectivity index (χ0v) is 9.13. The summed E-state index contributed by atoms with van der Waals surface area (Å²) in [4.78, 5) is 17.4. The lowest BCUT2D eigenvalue weighted by Gasteiger charge is -2.12. The van der Waals surface area contributed by atoms with Crippen LogP contribution in [0.5, 0.6) is 0 Å². The summed E-state index contributed by atoms with van der Waals surface area (Å²) in [6.07, 6.45) is 0.692. The Balaban J connectivity index is 1.97. The number of nitrogens with zero attached hydrogens (tertiary/aromatic N) is 1. The van der Waals surface area contributed by atoms with Crippen molar-refractivity contribution in [2.75, 3.05) is 11.9 Å². The third-order valence-electron chi connectivity index (χ3n) is 2.34. The van der Waals surface area contributed by atoms with Crippen molar-refractivity contribution in [3.63, 3.8) is 0 Å². The summed E-state index contributed by atoms with van der Waals surface area (Å²) in [7, 11) is 0. The van der Waals surface area contributed by atoms with Crippen molar-refractivity contribution in [3.8, 4) is 0 Å². The molecule has 0 spiro atoms. The summed E-state index contributed by atoms with van der Waals surface area (Å²) >= 11 is 0. The van der Waals surface area contributed by atoms with Crippen LogP contribution in [-0.2, 0) is 0 Å². The fourth-order valence-corrected chi connectivity index (χ4v) is 1.46. The van der Waals surface area contributed by atoms with E-state index < -0.39 is 6.10 Å². The summed E-state index contributed by atoms with van der Waals surface area (Å²) in [6, 6.07) is 10.7. The highest BCUT2D eigenvalue weighted by Gasteiger charge is 2.06. The van der Waals surface area contributed by atoms with Gasteiger partial charge in [0, 0.05) is 12.6 Å². The molecule has 0 saturated heterocycles. The Labute approximate surface area is 98.2 Å². The monoisotopic (exact) mass is 231 g/mol. The van der Waals surface area contributed by atoms with Gasteiger partial charge in [-0.2, -0.15) is 0 Å². The largest absolute Gasteiger partial charge is 0.387 e. The maximum atomic E-state index is 11.0. The van der Waals surface area contributed by atoms with E-state index in [1.54, 1.807) is 0 Å². The fourth-order valence-electron chi connectivity index (χ4n) is 1.46. The van der Waals surface area contributed by atoms with E-state index in [0.717, 1.165) is 5.56 Å². The average Bonchev–Trinajstić information content (AvgIpc) is 2.37. The Morgan fingerprint density at radius 2 is 2.12 bits per heavy atom. The molecule has 0 aliphatic rings. The second-order valence-electron chi connectivity index (χ2n) is 3.60. The molecule has 0 fully saturated rings. The summed E-state index contributed by atoms with van der Waals surface area (Å²) in [5.41, 5.74) is 0.599. The molecule has 1 aromatic carbocycles. The lowest BCUT2D eigenvalue weighted by molar-refractivity contribution is 0.191. The zero-order chi connectivity index (χ0) is 12.1. The lowest BCUT2D eigenvalue weighted by atomic mass is 10.1. The van der Waals surface area contributed by atoms with Crippen molar-refractivity contribution >= 4 is 5.82 Å². The van der Waals surface area contributed by atoms with E-state index in [0.29, 0.717) is 12.4 Å². The van der Waals surface area contributed by atoms with Crippen LogP contribution in [0.15, 0.2) is 47.5 Å². The zero-order valence-electron chi connectivity index (χ0n) is 9.13. The minimum absolute atomic E-state index is 0.225. The number of anilines is 1. The van der Waals surface area contributed by atoms with Crippen LogP contribution in [0, 0.1) is 0 Å². The first-order valence-corrected chi connectivity index (χ1v) is 5.27. The van der Waals surface area contributed by atoms with Crippen LogP contribution in [0.3, 0.4) is 0 Å². The van der Waals surface area contributed by atoms with Crippen molar-refractivity contribution in [1.29, 1.82) is 0 Å². The summed E-state index contributed by atoms with van der Waals surface area (Å²) in [5, 5.41) is 12.8. The predicted molar refractivity (Wildman–Crippen MR) is 64.7 cm³/mol. The Bertz CT molecular complexity index is 525. The number of aliphatic hydroxyl groups is 1. The van der Waals surface area contributed by atoms with Gasteiger partial charge in [0.05, 0.1) is 12.4 Å². The SMILES string of the molecule is O=c1cc(NCC(O)c2ccccc2)nc[nH]1. The number of nitrogens with one attached hydrogen (secondary N) is 2. The van der Waals surface area contributed by atoms with E-state index in [9.17, 15) is 9.90 Å². The number of H-pyrrole nitrogens is 1. The molecule has 0 bridgehead atoms. The highest BCUT2D eigenvalue weighted by atomic mass is 16.3. The summed E-state index contributed by atoms with van der Waals surface area (Å²) in [6.45, 7) is 0.306. The smallest absolute Gasteiger partial charge is 0.252 e. The minimum Gasteiger partial charge on any atom is -0.387 e. The third-order valence-corrected chi connectivity index (χ3v) is 2.34. The van der Waals surface area contributed by atoms with Crippen LogP contribution in [0.4, 0.5) is 5.82 Å². The van der Waals surface area contributed by atoms with Crippen LogP contribution < -0.4 is 10.9 Å². The van der Waals surface area contributed by atoms with Crippen LogP contribution in [0.1, 0.15) is 11.7 Å². The predicted octanol–water partition coefficient (Wildman–Crippen LogP) is 0.915. The molecule has 17 heavy (non-hydrogen) atoms. The molecule has 1 unspecified atom stereocenters. The van der Waals surface area contributed by atoms with Gasteiger partial charge in [0.1, 0.15) is 5.82 Å². The molecule has 1 aromatic heterocycles. The average molecular weight is 231 g/mol. The number of aromatic nitrogens is 2. The van der Waals surface area contributed by atoms with E-state index in [-0.39, 0.29) is 5.56 Å². The first kappa shape index (κ1) is 11.3. The number of hydrogen-bond acceptors (Lipinski definition) is 4. The highest BCUT2D eigenvalue weighted by Crippen LogP contribution is 2.12. The van der Waals surface area contributed by atoms with E-state index in [4.69, 9.17) is 0 Å². The van der Waals surface area contributed by atoms with E-state index in [1.165, 1.54) is 12.4 Å². The molecule has 1 heterocycles. The molecule has 0 radical (unpaired) electrons. The first-order valence-electron chi connectivity index (χ1n) is 5.27. The second kappa shape index (κ2) is 5.27. The Morgan fingerprint density at radius 1 is 1.35 bits per heavy atom. The van der Waals surface area contributed by atoms with Crippen molar-refractivity contribution < 1.29 is 5.11 Å². The van der Waals surface area contributed by atoms with Crippen molar-refractivity contribution in [2.45, 2.75) is 6.10 Å². The van der Waals surface area contributed by atoms with Gasteiger partial charge in [-0.05, 0) is 5.56 Å². The Morgan fingerprint density at radius 3 is 2.82 bits per heavy atom. The maximum absolute atomic E-state index is 11.0. The first-order chi connectivity index (χ1) is 8.25. The van der Waals surface area contributed by atoms with E-state index in [1.807, 2.05) is 30.3 Å². The van der Waals surface area contributed by atoms with Gasteiger partial charge < -0.3 is 15.4 Å². The molecule has 0 aliphatic carbocycles. The van der Waals surface area contributed by atoms with Gasteiger partial charge in [-0.15, -0.1) is 0 Å². The minimum atomic E-state index is -0.628. The summed E-state index contributed by atoms with van der Waals surface area (Å²) < 4.78 is 0. The third kappa shape index (κ3) is 3.15. The van der Waals surface area contributed by atoms with Gasteiger partial charge in [0.15, 0.2) is 0 Å².